The Balaban J connectivity index is 2.60. The number of carbonyl (C=O) groups is 2. The van der Waals surface area contributed by atoms with Gasteiger partial charge in [0.25, 0.3) is 0 Å². The number of carbonyl (C=O) groups excluding carboxylic acids is 2. The van der Waals surface area contributed by atoms with E-state index in [1.54, 1.807) is 0 Å². The Labute approximate surface area is 163 Å². The summed E-state index contributed by atoms with van der Waals surface area (Å²) in [6, 6.07) is 0. The van der Waals surface area contributed by atoms with Crippen molar-refractivity contribution in [2.75, 3.05) is 0 Å². The quantitative estimate of drug-likeness (QED) is 0.692. The van der Waals surface area contributed by atoms with Crippen LogP contribution in [0.25, 0.3) is 0 Å². The van der Waals surface area contributed by atoms with E-state index in [1.165, 1.54) is 0 Å². The van der Waals surface area contributed by atoms with E-state index in [1.807, 2.05) is 55.4 Å². The van der Waals surface area contributed by atoms with Crippen molar-refractivity contribution in [2.45, 2.75) is 103 Å². The standard InChI is InChI=1S/C21H38N2O4/c1-17(2)9-13(10-18(3,4)22-17)21(15(24)25,16(26)27)14-11-19(5,6)23-20(7,8)12-14/h13-14,22-23H,9-12H2,1-8H3,(H,24,25)(H,26,27)/p-2. The first-order chi connectivity index (χ1) is 11.9. The molecular formula is C21H36N2O4-2. The minimum atomic E-state index is -2.01. The van der Waals surface area contributed by atoms with Crippen molar-refractivity contribution in [2.24, 2.45) is 17.3 Å². The van der Waals surface area contributed by atoms with Crippen molar-refractivity contribution in [1.29, 1.82) is 0 Å². The van der Waals surface area contributed by atoms with Gasteiger partial charge in [-0.15, -0.1) is 0 Å². The molecule has 0 atom stereocenters. The molecule has 2 fully saturated rings. The molecule has 0 amide bonds. The van der Waals surface area contributed by atoms with Crippen LogP contribution in [0.2, 0.25) is 0 Å². The molecule has 0 aromatic rings. The molecule has 0 unspecified atom stereocenters. The molecule has 0 aromatic carbocycles. The van der Waals surface area contributed by atoms with Gasteiger partial charge in [0, 0.05) is 22.2 Å². The van der Waals surface area contributed by atoms with Gasteiger partial charge in [-0.05, 0) is 92.9 Å². The minimum absolute atomic E-state index is 0.374. The number of carboxylic acid groups (broad SMARTS) is 2. The Morgan fingerprint density at radius 2 is 0.889 bits per heavy atom. The number of hydrogen-bond acceptors (Lipinski definition) is 6. The van der Waals surface area contributed by atoms with Gasteiger partial charge in [0.05, 0.1) is 17.4 Å². The van der Waals surface area contributed by atoms with E-state index >= 15 is 0 Å². The smallest absolute Gasteiger partial charge is 0.0553 e. The van der Waals surface area contributed by atoms with E-state index in [0.717, 1.165) is 0 Å². The maximum absolute atomic E-state index is 12.5. The Kier molecular flexibility index (Phi) is 5.29. The monoisotopic (exact) mass is 380 g/mol. The van der Waals surface area contributed by atoms with Crippen molar-refractivity contribution >= 4 is 11.9 Å². The van der Waals surface area contributed by atoms with Gasteiger partial charge in [0.2, 0.25) is 0 Å². The fourth-order valence-electron chi connectivity index (χ4n) is 6.37. The summed E-state index contributed by atoms with van der Waals surface area (Å²) in [4.78, 5) is 25.1. The SMILES string of the molecule is CC1(C)CC(C(C(=O)[O-])(C(=O)[O-])C2CC(C)(C)NC(C)(C)C2)CC(C)(C)N1. The zero-order valence-electron chi connectivity index (χ0n) is 18.1. The number of hydrogen-bond donors (Lipinski definition) is 2. The number of aliphatic carboxylic acids is 2. The molecule has 156 valence electrons. The van der Waals surface area contributed by atoms with Crippen LogP contribution in [0.15, 0.2) is 0 Å². The molecule has 27 heavy (non-hydrogen) atoms. The van der Waals surface area contributed by atoms with Crippen LogP contribution >= 0.6 is 0 Å². The van der Waals surface area contributed by atoms with Crippen LogP contribution in [0.4, 0.5) is 0 Å². The second kappa shape index (κ2) is 6.45. The van der Waals surface area contributed by atoms with Gasteiger partial charge in [-0.1, -0.05) is 0 Å². The molecule has 2 heterocycles. The maximum Gasteiger partial charge on any atom is 0.0553 e. The van der Waals surface area contributed by atoms with Gasteiger partial charge >= 0.3 is 0 Å². The lowest BCUT2D eigenvalue weighted by Gasteiger charge is -2.59. The highest BCUT2D eigenvalue weighted by molar-refractivity contribution is 5.97. The third-order valence-electron chi connectivity index (χ3n) is 6.34. The van der Waals surface area contributed by atoms with E-state index in [-0.39, 0.29) is 22.2 Å². The fourth-order valence-corrected chi connectivity index (χ4v) is 6.37. The van der Waals surface area contributed by atoms with Crippen molar-refractivity contribution < 1.29 is 19.8 Å². The molecule has 2 aliphatic rings. The summed E-state index contributed by atoms with van der Waals surface area (Å²) in [6.45, 7) is 15.9. The van der Waals surface area contributed by atoms with Gasteiger partial charge < -0.3 is 30.4 Å². The van der Waals surface area contributed by atoms with E-state index in [9.17, 15) is 19.8 Å². The lowest BCUT2D eigenvalue weighted by Crippen LogP contribution is -2.70. The summed E-state index contributed by atoms with van der Waals surface area (Å²) in [7, 11) is 0. The van der Waals surface area contributed by atoms with Crippen molar-refractivity contribution in [3.8, 4) is 0 Å². The van der Waals surface area contributed by atoms with Gasteiger partial charge in [0.15, 0.2) is 0 Å². The molecule has 2 saturated heterocycles. The van der Waals surface area contributed by atoms with Crippen LogP contribution in [0, 0.1) is 17.3 Å². The van der Waals surface area contributed by atoms with Crippen molar-refractivity contribution in [3.63, 3.8) is 0 Å². The molecule has 2 aliphatic heterocycles. The number of piperidine rings is 2. The molecule has 0 radical (unpaired) electrons. The molecule has 0 aromatic heterocycles. The summed E-state index contributed by atoms with van der Waals surface area (Å²) in [5.41, 5.74) is -3.50. The van der Waals surface area contributed by atoms with Crippen LogP contribution in [0.3, 0.4) is 0 Å². The van der Waals surface area contributed by atoms with E-state index in [2.05, 4.69) is 10.6 Å². The third kappa shape index (κ3) is 4.32. The summed E-state index contributed by atoms with van der Waals surface area (Å²) in [6.07, 6.45) is 1.79. The summed E-state index contributed by atoms with van der Waals surface area (Å²) in [5.74, 6) is -4.12. The molecular weight excluding hydrogens is 344 g/mol. The second-order valence-corrected chi connectivity index (χ2v) is 11.4. The largest absolute Gasteiger partial charge is 0.549 e. The zero-order valence-corrected chi connectivity index (χ0v) is 18.1. The molecule has 0 bridgehead atoms. The molecule has 6 heteroatoms. The first-order valence-corrected chi connectivity index (χ1v) is 9.94. The third-order valence-corrected chi connectivity index (χ3v) is 6.34. The Bertz CT molecular complexity index is 536. The first-order valence-electron chi connectivity index (χ1n) is 9.94. The highest BCUT2D eigenvalue weighted by Gasteiger charge is 2.56. The second-order valence-electron chi connectivity index (χ2n) is 11.4. The summed E-state index contributed by atoms with van der Waals surface area (Å²) >= 11 is 0. The van der Waals surface area contributed by atoms with Crippen LogP contribution in [0.5, 0.6) is 0 Å². The van der Waals surface area contributed by atoms with Crippen LogP contribution < -0.4 is 20.8 Å². The predicted molar refractivity (Wildman–Crippen MR) is 100 cm³/mol. The van der Waals surface area contributed by atoms with Crippen molar-refractivity contribution in [1.82, 2.24) is 10.6 Å². The highest BCUT2D eigenvalue weighted by atomic mass is 16.4. The highest BCUT2D eigenvalue weighted by Crippen LogP contribution is 2.52. The van der Waals surface area contributed by atoms with Gasteiger partial charge in [-0.2, -0.15) is 0 Å². The average Bonchev–Trinajstić information content (AvgIpc) is 2.29. The first kappa shape index (κ1) is 22.2. The van der Waals surface area contributed by atoms with Gasteiger partial charge in [0.1, 0.15) is 0 Å². The fraction of sp³-hybridized carbons (Fsp3) is 0.905. The van der Waals surface area contributed by atoms with E-state index < -0.39 is 29.2 Å². The normalized spacial score (nSPS) is 27.9. The number of nitrogens with one attached hydrogen (secondary N) is 2. The topological polar surface area (TPSA) is 104 Å². The molecule has 0 saturated carbocycles. The van der Waals surface area contributed by atoms with Crippen molar-refractivity contribution in [3.05, 3.63) is 0 Å². The van der Waals surface area contributed by atoms with Crippen LogP contribution in [0.1, 0.15) is 81.1 Å². The summed E-state index contributed by atoms with van der Waals surface area (Å²) in [5, 5.41) is 32.1. The predicted octanol–water partition coefficient (Wildman–Crippen LogP) is 0.586. The number of rotatable bonds is 4. The molecule has 0 spiro atoms. The maximum atomic E-state index is 12.5. The van der Waals surface area contributed by atoms with E-state index in [0.29, 0.717) is 25.7 Å². The van der Waals surface area contributed by atoms with E-state index in [4.69, 9.17) is 0 Å². The van der Waals surface area contributed by atoms with Gasteiger partial charge in [-0.25, -0.2) is 0 Å². The minimum Gasteiger partial charge on any atom is -0.549 e. The van der Waals surface area contributed by atoms with Crippen LogP contribution in [-0.2, 0) is 9.59 Å². The Morgan fingerprint density at radius 1 is 0.667 bits per heavy atom. The molecule has 2 N–H and O–H groups in total. The lowest BCUT2D eigenvalue weighted by atomic mass is 9.54. The molecule has 2 rings (SSSR count). The summed E-state index contributed by atoms with van der Waals surface area (Å²) < 4.78 is 0. The molecule has 0 aliphatic carbocycles. The lowest BCUT2D eigenvalue weighted by molar-refractivity contribution is -0.354. The molecule has 6 nitrogen and oxygen atoms in total. The van der Waals surface area contributed by atoms with Gasteiger partial charge in [-0.3, -0.25) is 0 Å². The Hall–Kier alpha value is -1.14. The van der Waals surface area contributed by atoms with Crippen LogP contribution in [-0.4, -0.2) is 34.1 Å². The number of carboxylic acids is 2. The Morgan fingerprint density at radius 3 is 1.07 bits per heavy atom. The zero-order chi connectivity index (χ0) is 21.1. The average molecular weight is 381 g/mol.